The molecule has 6 heteroatoms. The van der Waals surface area contributed by atoms with Gasteiger partial charge in [-0.3, -0.25) is 0 Å². The number of nitrogens with two attached hydrogens (primary N) is 1. The van der Waals surface area contributed by atoms with Crippen molar-refractivity contribution >= 4 is 34.6 Å². The third kappa shape index (κ3) is 7.66. The summed E-state index contributed by atoms with van der Waals surface area (Å²) >= 11 is 0. The van der Waals surface area contributed by atoms with E-state index in [1.165, 1.54) is 14.2 Å². The molecule has 168 valence electrons. The highest BCUT2D eigenvalue weighted by atomic mass is 16.5. The van der Waals surface area contributed by atoms with Crippen molar-refractivity contribution in [2.24, 2.45) is 7.05 Å². The molecule has 31 heavy (non-hydrogen) atoms. The highest BCUT2D eigenvalue weighted by Crippen LogP contribution is 2.17. The number of ether oxygens (including phenoxy) is 2. The van der Waals surface area contributed by atoms with E-state index >= 15 is 0 Å². The number of anilines is 1. The Labute approximate surface area is 185 Å². The van der Waals surface area contributed by atoms with Crippen molar-refractivity contribution in [1.29, 1.82) is 0 Å². The fourth-order valence-corrected chi connectivity index (χ4v) is 2.51. The van der Waals surface area contributed by atoms with Gasteiger partial charge in [0, 0.05) is 24.4 Å². The fourth-order valence-electron chi connectivity index (χ4n) is 2.51. The maximum Gasteiger partial charge on any atom is 0.337 e. The number of carbonyl (C=O) groups is 2. The summed E-state index contributed by atoms with van der Waals surface area (Å²) in [5.74, 6) is -0.685. The van der Waals surface area contributed by atoms with Crippen LogP contribution in [0.15, 0.2) is 55.2 Å². The zero-order valence-corrected chi connectivity index (χ0v) is 19.6. The summed E-state index contributed by atoms with van der Waals surface area (Å²) in [6.07, 6.45) is 3.60. The molecule has 1 heterocycles. The van der Waals surface area contributed by atoms with Crippen molar-refractivity contribution in [3.8, 4) is 0 Å². The van der Waals surface area contributed by atoms with E-state index < -0.39 is 0 Å². The molecule has 0 aliphatic rings. The van der Waals surface area contributed by atoms with Gasteiger partial charge in [-0.2, -0.15) is 0 Å². The summed E-state index contributed by atoms with van der Waals surface area (Å²) in [5.41, 5.74) is 9.05. The van der Waals surface area contributed by atoms with Crippen LogP contribution in [-0.2, 0) is 16.5 Å². The Hall–Kier alpha value is -3.54. The number of esters is 2. The number of nitrogens with zero attached hydrogens (tertiary/aromatic N) is 1. The molecule has 0 unspecified atom stereocenters. The molecular weight excluding hydrogens is 392 g/mol. The Morgan fingerprint density at radius 3 is 1.90 bits per heavy atom. The molecule has 0 aliphatic carbocycles. The molecule has 0 fully saturated rings. The maximum absolute atomic E-state index is 11.3. The predicted octanol–water partition coefficient (Wildman–Crippen LogP) is 5.72. The summed E-state index contributed by atoms with van der Waals surface area (Å²) in [5, 5.41) is 1.13. The molecule has 0 amide bonds. The molecule has 0 spiro atoms. The Balaban J connectivity index is 0.000000502. The van der Waals surface area contributed by atoms with Crippen molar-refractivity contribution in [3.05, 3.63) is 71.9 Å². The standard InChI is InChI=1S/C11H11NO2.C10H11NO2.2C2H6/c1-12-6-5-8-3-4-9(7-10(8)12)11(13)14-2;1-3-7-4-5-8(6-9(7)11)10(12)13-2;2*1-2/h3-7H,1-2H3;3-6H,1,11H2,2H3;2*1-2H3. The molecule has 0 radical (unpaired) electrons. The first kappa shape index (κ1) is 27.5. The van der Waals surface area contributed by atoms with Gasteiger partial charge < -0.3 is 19.8 Å². The van der Waals surface area contributed by atoms with Crippen molar-refractivity contribution in [2.75, 3.05) is 20.0 Å². The first-order chi connectivity index (χ1) is 14.9. The molecule has 0 saturated carbocycles. The Morgan fingerprint density at radius 2 is 1.42 bits per heavy atom. The molecule has 0 bridgehead atoms. The summed E-state index contributed by atoms with van der Waals surface area (Å²) < 4.78 is 11.2. The number of carbonyl (C=O) groups excluding carboxylic acids is 2. The number of methoxy groups -OCH3 is 2. The zero-order chi connectivity index (χ0) is 24.0. The first-order valence-corrected chi connectivity index (χ1v) is 10.1. The van der Waals surface area contributed by atoms with Crippen LogP contribution in [0.5, 0.6) is 0 Å². The van der Waals surface area contributed by atoms with Gasteiger partial charge in [-0.15, -0.1) is 0 Å². The van der Waals surface area contributed by atoms with Gasteiger partial charge in [-0.05, 0) is 41.3 Å². The molecule has 0 saturated heterocycles. The monoisotopic (exact) mass is 426 g/mol. The van der Waals surface area contributed by atoms with Crippen molar-refractivity contribution < 1.29 is 19.1 Å². The highest BCUT2D eigenvalue weighted by molar-refractivity contribution is 5.94. The van der Waals surface area contributed by atoms with Gasteiger partial charge >= 0.3 is 11.9 Å². The van der Waals surface area contributed by atoms with Crippen LogP contribution < -0.4 is 5.73 Å². The highest BCUT2D eigenvalue weighted by Gasteiger charge is 2.07. The van der Waals surface area contributed by atoms with Gasteiger partial charge in [0.25, 0.3) is 0 Å². The number of nitrogen functional groups attached to an aromatic ring is 1. The third-order valence-electron chi connectivity index (χ3n) is 4.04. The summed E-state index contributed by atoms with van der Waals surface area (Å²) in [4.78, 5) is 22.3. The van der Waals surface area contributed by atoms with Gasteiger partial charge in [0.15, 0.2) is 0 Å². The van der Waals surface area contributed by atoms with Crippen molar-refractivity contribution in [3.63, 3.8) is 0 Å². The van der Waals surface area contributed by atoms with Crippen LogP contribution in [0.25, 0.3) is 17.0 Å². The average Bonchev–Trinajstić information content (AvgIpc) is 3.21. The molecule has 2 N–H and O–H groups in total. The van der Waals surface area contributed by atoms with E-state index in [4.69, 9.17) is 5.73 Å². The second-order valence-electron chi connectivity index (χ2n) is 5.73. The molecule has 2 aromatic carbocycles. The van der Waals surface area contributed by atoms with Crippen LogP contribution in [0, 0.1) is 0 Å². The number of rotatable bonds is 3. The lowest BCUT2D eigenvalue weighted by atomic mass is 10.1. The van der Waals surface area contributed by atoms with E-state index in [-0.39, 0.29) is 11.9 Å². The molecular formula is C25H34N2O4. The topological polar surface area (TPSA) is 83.6 Å². The minimum Gasteiger partial charge on any atom is -0.465 e. The lowest BCUT2D eigenvalue weighted by Gasteiger charge is -2.02. The number of hydrogen-bond donors (Lipinski definition) is 1. The van der Waals surface area contributed by atoms with E-state index in [9.17, 15) is 9.59 Å². The van der Waals surface area contributed by atoms with E-state index in [1.54, 1.807) is 30.3 Å². The van der Waals surface area contributed by atoms with Crippen molar-refractivity contribution in [1.82, 2.24) is 4.57 Å². The van der Waals surface area contributed by atoms with Gasteiger partial charge in [0.05, 0.1) is 25.3 Å². The number of hydrogen-bond acceptors (Lipinski definition) is 5. The number of aromatic nitrogens is 1. The molecule has 0 atom stereocenters. The third-order valence-corrected chi connectivity index (χ3v) is 4.04. The molecule has 0 aliphatic heterocycles. The molecule has 3 aromatic rings. The smallest absolute Gasteiger partial charge is 0.337 e. The Kier molecular flexibility index (Phi) is 12.8. The van der Waals surface area contributed by atoms with Gasteiger partial charge in [0.2, 0.25) is 0 Å². The van der Waals surface area contributed by atoms with Gasteiger partial charge in [-0.1, -0.05) is 52.5 Å². The first-order valence-electron chi connectivity index (χ1n) is 10.1. The Bertz CT molecular complexity index is 990. The average molecular weight is 427 g/mol. The SMILES string of the molecule is C=Cc1ccc(C(=O)OC)cc1N.CC.CC.COC(=O)c1ccc2ccn(C)c2c1. The van der Waals surface area contributed by atoms with Crippen molar-refractivity contribution in [2.45, 2.75) is 27.7 Å². The quantitative estimate of drug-likeness (QED) is 0.428. The van der Waals surface area contributed by atoms with Crippen LogP contribution in [0.2, 0.25) is 0 Å². The molecule has 3 rings (SSSR count). The minimum absolute atomic E-state index is 0.298. The second kappa shape index (κ2) is 14.4. The van der Waals surface area contributed by atoms with Crippen LogP contribution in [0.4, 0.5) is 5.69 Å². The lowest BCUT2D eigenvalue weighted by Crippen LogP contribution is -2.02. The molecule has 1 aromatic heterocycles. The maximum atomic E-state index is 11.3. The van der Waals surface area contributed by atoms with E-state index in [0.717, 1.165) is 16.5 Å². The largest absolute Gasteiger partial charge is 0.465 e. The minimum atomic E-state index is -0.387. The summed E-state index contributed by atoms with van der Waals surface area (Å²) in [6.45, 7) is 11.6. The lowest BCUT2D eigenvalue weighted by molar-refractivity contribution is 0.0592. The fraction of sp³-hybridized carbons (Fsp3) is 0.280. The number of benzene rings is 2. The van der Waals surface area contributed by atoms with Gasteiger partial charge in [0.1, 0.15) is 0 Å². The van der Waals surface area contributed by atoms with E-state index in [0.29, 0.717) is 16.8 Å². The van der Waals surface area contributed by atoms with E-state index in [2.05, 4.69) is 16.1 Å². The summed E-state index contributed by atoms with van der Waals surface area (Å²) in [7, 11) is 4.67. The van der Waals surface area contributed by atoms with Gasteiger partial charge in [-0.25, -0.2) is 9.59 Å². The Morgan fingerprint density at radius 1 is 0.903 bits per heavy atom. The number of fused-ring (bicyclic) bond motifs is 1. The summed E-state index contributed by atoms with van der Waals surface area (Å²) in [6, 6.07) is 12.5. The number of aryl methyl sites for hydroxylation is 1. The normalized spacial score (nSPS) is 9.00. The second-order valence-corrected chi connectivity index (χ2v) is 5.73. The zero-order valence-electron chi connectivity index (χ0n) is 19.6. The predicted molar refractivity (Wildman–Crippen MR) is 129 cm³/mol. The van der Waals surface area contributed by atoms with Crippen LogP contribution in [0.1, 0.15) is 54.0 Å². The van der Waals surface area contributed by atoms with Crippen LogP contribution >= 0.6 is 0 Å². The van der Waals surface area contributed by atoms with Crippen LogP contribution in [-0.4, -0.2) is 30.7 Å². The van der Waals surface area contributed by atoms with Crippen LogP contribution in [0.3, 0.4) is 0 Å². The van der Waals surface area contributed by atoms with E-state index in [1.807, 2.05) is 63.7 Å². The molecule has 6 nitrogen and oxygen atoms in total.